The van der Waals surface area contributed by atoms with Crippen molar-refractivity contribution in [1.29, 1.82) is 0 Å². The lowest BCUT2D eigenvalue weighted by molar-refractivity contribution is 0.0262. The molecule has 1 aromatic carbocycles. The van der Waals surface area contributed by atoms with E-state index in [2.05, 4.69) is 30.8 Å². The topological polar surface area (TPSA) is 67.7 Å². The van der Waals surface area contributed by atoms with Gasteiger partial charge < -0.3 is 14.5 Å². The molecule has 2 atom stereocenters. The van der Waals surface area contributed by atoms with Crippen molar-refractivity contribution >= 4 is 11.8 Å². The number of fused-ring (bicyclic) bond motifs is 2. The molecule has 2 heterocycles. The van der Waals surface area contributed by atoms with Crippen LogP contribution in [0.15, 0.2) is 30.3 Å². The number of carbonyl (C=O) groups is 2. The van der Waals surface area contributed by atoms with Gasteiger partial charge in [0.1, 0.15) is 17.5 Å². The number of amides is 2. The van der Waals surface area contributed by atoms with Crippen molar-refractivity contribution in [2.45, 2.75) is 104 Å². The number of nitrogens with zero attached hydrogens (tertiary/aromatic N) is 4. The van der Waals surface area contributed by atoms with Crippen molar-refractivity contribution in [3.05, 3.63) is 47.3 Å². The Balaban J connectivity index is 1.66. The first-order valence-electron chi connectivity index (χ1n) is 15.3. The maximum absolute atomic E-state index is 14.1. The van der Waals surface area contributed by atoms with Gasteiger partial charge in [-0.1, -0.05) is 58.6 Å². The van der Waals surface area contributed by atoms with Gasteiger partial charge in [0, 0.05) is 26.7 Å². The summed E-state index contributed by atoms with van der Waals surface area (Å²) in [6.45, 7) is 8.72. The molecule has 2 aromatic rings. The molecule has 0 bridgehead atoms. The Bertz CT molecular complexity index is 1090. The highest BCUT2D eigenvalue weighted by Crippen LogP contribution is 2.31. The zero-order valence-corrected chi connectivity index (χ0v) is 24.5. The second-order valence-corrected chi connectivity index (χ2v) is 11.8. The number of aryl methyl sites for hydroxylation is 1. The highest BCUT2D eigenvalue weighted by atomic mass is 16.5. The predicted octanol–water partition coefficient (Wildman–Crippen LogP) is 6.27. The summed E-state index contributed by atoms with van der Waals surface area (Å²) in [5.41, 5.74) is 2.25. The Labute approximate surface area is 234 Å². The van der Waals surface area contributed by atoms with E-state index in [-0.39, 0.29) is 24.0 Å². The highest BCUT2D eigenvalue weighted by Gasteiger charge is 2.36. The molecule has 1 aliphatic heterocycles. The summed E-state index contributed by atoms with van der Waals surface area (Å²) in [5.74, 6) is 1.22. The van der Waals surface area contributed by atoms with Crippen LogP contribution < -0.4 is 4.74 Å². The molecule has 1 aliphatic carbocycles. The standard InChI is InChI=1S/C32H48N4O3/c1-5-19-35-20-13-7-6-8-14-21-36(32(38)28-23-25(22-24(2)3)33-34(28)4)27-16-10-12-18-30(27)39-29-17-11-9-15-26(29)31(35)37/h9,11,15,17,23-24,27,30H,5-8,10,12-14,16,18-22H2,1-4H3/t27-,30+/m1/s1. The van der Waals surface area contributed by atoms with Gasteiger partial charge in [-0.25, -0.2) is 0 Å². The largest absolute Gasteiger partial charge is 0.487 e. The molecule has 0 spiro atoms. The van der Waals surface area contributed by atoms with Gasteiger partial charge in [0.2, 0.25) is 0 Å². The molecule has 4 rings (SSSR count). The molecule has 1 aromatic heterocycles. The SMILES string of the molecule is CCCN1CCCCCCCN(C(=O)c2cc(CC(C)C)nn2C)[C@@H]2CCCC[C@@H]2Oc2ccccc2C1=O. The van der Waals surface area contributed by atoms with E-state index in [9.17, 15) is 9.59 Å². The van der Waals surface area contributed by atoms with E-state index in [0.717, 1.165) is 96.0 Å². The van der Waals surface area contributed by atoms with E-state index >= 15 is 0 Å². The molecule has 39 heavy (non-hydrogen) atoms. The Kier molecular flexibility index (Phi) is 10.5. The van der Waals surface area contributed by atoms with Crippen LogP contribution in [0.25, 0.3) is 0 Å². The number of para-hydroxylation sites is 1. The number of ether oxygens (including phenoxy) is 1. The minimum absolute atomic E-state index is 0.0327. The molecule has 1 saturated carbocycles. The third-order valence-corrected chi connectivity index (χ3v) is 8.10. The van der Waals surface area contributed by atoms with Gasteiger partial charge in [-0.3, -0.25) is 14.3 Å². The average Bonchev–Trinajstić information content (AvgIpc) is 3.28. The lowest BCUT2D eigenvalue weighted by Crippen LogP contribution is -2.51. The van der Waals surface area contributed by atoms with Crippen LogP contribution in [0.2, 0.25) is 0 Å². The van der Waals surface area contributed by atoms with Crippen molar-refractivity contribution in [3.63, 3.8) is 0 Å². The highest BCUT2D eigenvalue weighted by molar-refractivity contribution is 5.97. The van der Waals surface area contributed by atoms with Crippen LogP contribution in [0, 0.1) is 5.92 Å². The minimum atomic E-state index is -0.148. The Morgan fingerprint density at radius 1 is 1.03 bits per heavy atom. The van der Waals surface area contributed by atoms with E-state index < -0.39 is 0 Å². The van der Waals surface area contributed by atoms with Crippen molar-refractivity contribution in [2.75, 3.05) is 19.6 Å². The van der Waals surface area contributed by atoms with E-state index in [4.69, 9.17) is 4.74 Å². The predicted molar refractivity (Wildman–Crippen MR) is 155 cm³/mol. The second-order valence-electron chi connectivity index (χ2n) is 11.8. The van der Waals surface area contributed by atoms with Crippen molar-refractivity contribution < 1.29 is 14.3 Å². The molecule has 2 amide bonds. The number of aromatic nitrogens is 2. The summed E-state index contributed by atoms with van der Waals surface area (Å²) in [7, 11) is 1.88. The number of benzene rings is 1. The maximum Gasteiger partial charge on any atom is 0.272 e. The second kappa shape index (κ2) is 14.0. The summed E-state index contributed by atoms with van der Waals surface area (Å²) in [4.78, 5) is 31.9. The third kappa shape index (κ3) is 7.43. The molecule has 7 heteroatoms. The lowest BCUT2D eigenvalue weighted by Gasteiger charge is -2.40. The average molecular weight is 537 g/mol. The summed E-state index contributed by atoms with van der Waals surface area (Å²) in [6, 6.07) is 9.63. The van der Waals surface area contributed by atoms with Gasteiger partial charge in [0.15, 0.2) is 0 Å². The summed E-state index contributed by atoms with van der Waals surface area (Å²) in [5, 5.41) is 4.66. The lowest BCUT2D eigenvalue weighted by atomic mass is 9.90. The van der Waals surface area contributed by atoms with Gasteiger partial charge in [0.05, 0.1) is 17.3 Å². The van der Waals surface area contributed by atoms with Crippen LogP contribution >= 0.6 is 0 Å². The molecule has 0 unspecified atom stereocenters. The van der Waals surface area contributed by atoms with Crippen molar-refractivity contribution in [1.82, 2.24) is 19.6 Å². The Morgan fingerprint density at radius 2 is 1.74 bits per heavy atom. The van der Waals surface area contributed by atoms with E-state index in [1.807, 2.05) is 42.3 Å². The normalized spacial score (nSPS) is 21.5. The van der Waals surface area contributed by atoms with Crippen LogP contribution in [0.3, 0.4) is 0 Å². The number of hydrogen-bond donors (Lipinski definition) is 0. The molecule has 2 aliphatic rings. The number of hydrogen-bond acceptors (Lipinski definition) is 4. The first-order valence-corrected chi connectivity index (χ1v) is 15.3. The summed E-state index contributed by atoms with van der Waals surface area (Å²) < 4.78 is 8.47. The van der Waals surface area contributed by atoms with Crippen LogP contribution in [0.4, 0.5) is 0 Å². The Hall–Kier alpha value is -2.83. The first kappa shape index (κ1) is 29.2. The maximum atomic E-state index is 14.1. The molecule has 214 valence electrons. The third-order valence-electron chi connectivity index (χ3n) is 8.10. The zero-order chi connectivity index (χ0) is 27.8. The van der Waals surface area contributed by atoms with E-state index in [0.29, 0.717) is 22.9 Å². The molecule has 0 saturated heterocycles. The quantitative estimate of drug-likeness (QED) is 0.452. The van der Waals surface area contributed by atoms with Crippen molar-refractivity contribution in [3.8, 4) is 5.75 Å². The van der Waals surface area contributed by atoms with Crippen molar-refractivity contribution in [2.24, 2.45) is 13.0 Å². The molecule has 0 N–H and O–H groups in total. The van der Waals surface area contributed by atoms with Crippen LogP contribution in [-0.2, 0) is 13.5 Å². The van der Waals surface area contributed by atoms with Crippen LogP contribution in [0.5, 0.6) is 5.75 Å². The van der Waals surface area contributed by atoms with Crippen LogP contribution in [-0.4, -0.2) is 63.2 Å². The van der Waals surface area contributed by atoms with Gasteiger partial charge in [-0.05, 0) is 69.1 Å². The number of rotatable bonds is 5. The van der Waals surface area contributed by atoms with Gasteiger partial charge in [-0.2, -0.15) is 5.10 Å². The monoisotopic (exact) mass is 536 g/mol. The van der Waals surface area contributed by atoms with E-state index in [1.54, 1.807) is 4.68 Å². The van der Waals surface area contributed by atoms with Gasteiger partial charge in [0.25, 0.3) is 11.8 Å². The van der Waals surface area contributed by atoms with Gasteiger partial charge in [-0.15, -0.1) is 0 Å². The molecule has 7 nitrogen and oxygen atoms in total. The fourth-order valence-corrected chi connectivity index (χ4v) is 6.16. The zero-order valence-electron chi connectivity index (χ0n) is 24.5. The summed E-state index contributed by atoms with van der Waals surface area (Å²) in [6.07, 6.45) is 10.8. The van der Waals surface area contributed by atoms with Gasteiger partial charge >= 0.3 is 0 Å². The fourth-order valence-electron chi connectivity index (χ4n) is 6.16. The van der Waals surface area contributed by atoms with Crippen LogP contribution in [0.1, 0.15) is 112 Å². The molecular weight excluding hydrogens is 488 g/mol. The molecular formula is C32H48N4O3. The smallest absolute Gasteiger partial charge is 0.272 e. The number of carbonyl (C=O) groups excluding carboxylic acids is 2. The minimum Gasteiger partial charge on any atom is -0.487 e. The molecule has 0 radical (unpaired) electrons. The molecule has 1 fully saturated rings. The Morgan fingerprint density at radius 3 is 2.51 bits per heavy atom. The first-order chi connectivity index (χ1) is 18.9. The van der Waals surface area contributed by atoms with E-state index in [1.165, 1.54) is 0 Å². The summed E-state index contributed by atoms with van der Waals surface area (Å²) >= 11 is 0. The fraction of sp³-hybridized carbons (Fsp3) is 0.656.